The van der Waals surface area contributed by atoms with Crippen molar-refractivity contribution in [3.05, 3.63) is 63.1 Å². The topological polar surface area (TPSA) is 88.6 Å². The summed E-state index contributed by atoms with van der Waals surface area (Å²) in [5.74, 6) is -1.60. The average molecular weight is 415 g/mol. The smallest absolute Gasteiger partial charge is 0.346 e. The molecule has 0 unspecified atom stereocenters. The lowest BCUT2D eigenvalue weighted by molar-refractivity contribution is -0.137. The first-order chi connectivity index (χ1) is 13.4. The number of nitrogens with one attached hydrogen (secondary N) is 1. The molecule has 9 heteroatoms. The van der Waals surface area contributed by atoms with Crippen LogP contribution in [-0.2, 0) is 19.1 Å². The molecule has 1 aliphatic heterocycles. The highest BCUT2D eigenvalue weighted by atomic mass is 32.2. The van der Waals surface area contributed by atoms with E-state index in [9.17, 15) is 14.4 Å². The summed E-state index contributed by atoms with van der Waals surface area (Å²) in [4.78, 5) is 43.7. The van der Waals surface area contributed by atoms with Gasteiger partial charge in [-0.2, -0.15) is 0 Å². The zero-order chi connectivity index (χ0) is 20.3. The van der Waals surface area contributed by atoms with Crippen LogP contribution in [0, 0.1) is 0 Å². The molecule has 0 radical (unpaired) electrons. The molecule has 28 heavy (non-hydrogen) atoms. The van der Waals surface area contributed by atoms with Crippen molar-refractivity contribution < 1.29 is 19.1 Å². The van der Waals surface area contributed by atoms with Crippen molar-refractivity contribution in [3.8, 4) is 0 Å². The van der Waals surface area contributed by atoms with Gasteiger partial charge in [-0.25, -0.2) is 9.78 Å². The standard InChI is InChI=1S/C19H17N3O4S2/c1-11-15(12(2)23)28-17(22(11)13-7-5-4-6-8-13)14(18(25)26-3)16(24)21-19-20-9-10-27-19/h4-10H,1-3H3,(H,20,21,24)/b17-14+. The molecule has 0 aliphatic carbocycles. The molecule has 0 saturated carbocycles. The Balaban J connectivity index is 2.14. The van der Waals surface area contributed by atoms with Gasteiger partial charge in [0.2, 0.25) is 0 Å². The minimum Gasteiger partial charge on any atom is -0.465 e. The average Bonchev–Trinajstić information content (AvgIpc) is 3.30. The number of thioether (sulfide) groups is 1. The summed E-state index contributed by atoms with van der Waals surface area (Å²) in [5.41, 5.74) is 1.17. The van der Waals surface area contributed by atoms with E-state index in [2.05, 4.69) is 10.3 Å². The number of allylic oxidation sites excluding steroid dienone is 2. The van der Waals surface area contributed by atoms with Gasteiger partial charge in [0.15, 0.2) is 16.5 Å². The monoisotopic (exact) mass is 415 g/mol. The highest BCUT2D eigenvalue weighted by Crippen LogP contribution is 2.46. The van der Waals surface area contributed by atoms with Crippen LogP contribution in [0.3, 0.4) is 0 Å². The molecule has 2 heterocycles. The number of carbonyl (C=O) groups excluding carboxylic acids is 3. The van der Waals surface area contributed by atoms with Gasteiger partial charge in [0.05, 0.1) is 12.0 Å². The van der Waals surface area contributed by atoms with Crippen LogP contribution in [-0.4, -0.2) is 29.8 Å². The van der Waals surface area contributed by atoms with Crippen molar-refractivity contribution in [2.24, 2.45) is 0 Å². The summed E-state index contributed by atoms with van der Waals surface area (Å²) in [7, 11) is 1.21. The van der Waals surface area contributed by atoms with Crippen LogP contribution in [0.5, 0.6) is 0 Å². The lowest BCUT2D eigenvalue weighted by Crippen LogP contribution is -2.27. The lowest BCUT2D eigenvalue weighted by atomic mass is 10.2. The highest BCUT2D eigenvalue weighted by Gasteiger charge is 2.36. The first kappa shape index (κ1) is 19.8. The van der Waals surface area contributed by atoms with Crippen LogP contribution in [0.4, 0.5) is 10.8 Å². The van der Waals surface area contributed by atoms with Crippen LogP contribution < -0.4 is 10.2 Å². The Bertz CT molecular complexity index is 982. The number of ketones is 1. The third-order valence-electron chi connectivity index (χ3n) is 3.88. The van der Waals surface area contributed by atoms with E-state index >= 15 is 0 Å². The summed E-state index contributed by atoms with van der Waals surface area (Å²) < 4.78 is 4.86. The number of ether oxygens (including phenoxy) is 1. The number of anilines is 2. The number of thiazole rings is 1. The summed E-state index contributed by atoms with van der Waals surface area (Å²) in [6.45, 7) is 3.22. The van der Waals surface area contributed by atoms with Gasteiger partial charge in [-0.1, -0.05) is 30.0 Å². The first-order valence-electron chi connectivity index (χ1n) is 8.22. The molecule has 1 N–H and O–H groups in total. The number of esters is 1. The van der Waals surface area contributed by atoms with Gasteiger partial charge in [0.25, 0.3) is 5.91 Å². The zero-order valence-electron chi connectivity index (χ0n) is 15.4. The number of aromatic nitrogens is 1. The Morgan fingerprint density at radius 2 is 1.89 bits per heavy atom. The van der Waals surface area contributed by atoms with E-state index in [0.717, 1.165) is 17.4 Å². The number of rotatable bonds is 5. The number of hydrogen-bond donors (Lipinski definition) is 1. The molecule has 0 saturated heterocycles. The van der Waals surface area contributed by atoms with Crippen molar-refractivity contribution >= 4 is 51.6 Å². The third-order valence-corrected chi connectivity index (χ3v) is 5.94. The normalized spacial score (nSPS) is 15.5. The van der Waals surface area contributed by atoms with Gasteiger partial charge in [0, 0.05) is 23.0 Å². The van der Waals surface area contributed by atoms with Gasteiger partial charge >= 0.3 is 5.97 Å². The number of para-hydroxylation sites is 1. The molecule has 1 aromatic heterocycles. The molecule has 0 spiro atoms. The molecular weight excluding hydrogens is 398 g/mol. The number of carbonyl (C=O) groups is 3. The van der Waals surface area contributed by atoms with Crippen molar-refractivity contribution in [2.45, 2.75) is 13.8 Å². The molecule has 1 aliphatic rings. The predicted octanol–water partition coefficient (Wildman–Crippen LogP) is 3.54. The van der Waals surface area contributed by atoms with Gasteiger partial charge in [-0.15, -0.1) is 11.3 Å². The van der Waals surface area contributed by atoms with Gasteiger partial charge in [-0.3, -0.25) is 14.9 Å². The summed E-state index contributed by atoms with van der Waals surface area (Å²) in [6, 6.07) is 9.20. The van der Waals surface area contributed by atoms with Gasteiger partial charge in [-0.05, 0) is 26.0 Å². The van der Waals surface area contributed by atoms with E-state index in [4.69, 9.17) is 4.74 Å². The van der Waals surface area contributed by atoms with E-state index in [1.807, 2.05) is 30.3 Å². The van der Waals surface area contributed by atoms with Crippen molar-refractivity contribution in [2.75, 3.05) is 17.3 Å². The fourth-order valence-electron chi connectivity index (χ4n) is 2.67. The molecule has 2 aromatic rings. The van der Waals surface area contributed by atoms with Crippen LogP contribution in [0.2, 0.25) is 0 Å². The Kier molecular flexibility index (Phi) is 5.96. The third kappa shape index (κ3) is 3.85. The number of methoxy groups -OCH3 is 1. The maximum Gasteiger partial charge on any atom is 0.346 e. The largest absolute Gasteiger partial charge is 0.465 e. The Morgan fingerprint density at radius 1 is 1.18 bits per heavy atom. The van der Waals surface area contributed by atoms with Crippen molar-refractivity contribution in [1.29, 1.82) is 0 Å². The quantitative estimate of drug-likeness (QED) is 0.346. The fourth-order valence-corrected chi connectivity index (χ4v) is 4.38. The van der Waals surface area contributed by atoms with E-state index in [1.54, 1.807) is 23.4 Å². The predicted molar refractivity (Wildman–Crippen MR) is 110 cm³/mol. The lowest BCUT2D eigenvalue weighted by Gasteiger charge is -2.23. The Labute approximate surface area is 170 Å². The van der Waals surface area contributed by atoms with Crippen LogP contribution in [0.25, 0.3) is 0 Å². The molecule has 0 bridgehead atoms. The first-order valence-corrected chi connectivity index (χ1v) is 9.92. The zero-order valence-corrected chi connectivity index (χ0v) is 17.0. The Morgan fingerprint density at radius 3 is 2.46 bits per heavy atom. The van der Waals surface area contributed by atoms with Crippen LogP contribution in [0.15, 0.2) is 63.1 Å². The minimum absolute atomic E-state index is 0.150. The molecule has 1 amide bonds. The number of Topliss-reactive ketones (excluding diaryl/α,β-unsaturated/α-hetero) is 1. The highest BCUT2D eigenvalue weighted by molar-refractivity contribution is 8.08. The molecule has 7 nitrogen and oxygen atoms in total. The molecular formula is C19H17N3O4S2. The SMILES string of the molecule is COC(=O)/C(C(=O)Nc1nccs1)=C1/SC(C(C)=O)=C(C)N1c1ccccc1. The Hall–Kier alpha value is -2.91. The van der Waals surface area contributed by atoms with Crippen LogP contribution >= 0.6 is 23.1 Å². The summed E-state index contributed by atoms with van der Waals surface area (Å²) in [6.07, 6.45) is 1.55. The maximum absolute atomic E-state index is 12.9. The van der Waals surface area contributed by atoms with E-state index < -0.39 is 11.9 Å². The van der Waals surface area contributed by atoms with Gasteiger partial charge < -0.3 is 9.64 Å². The molecule has 3 rings (SSSR count). The van der Waals surface area contributed by atoms with Crippen molar-refractivity contribution in [1.82, 2.24) is 4.98 Å². The number of hydrogen-bond acceptors (Lipinski definition) is 8. The van der Waals surface area contributed by atoms with E-state index in [-0.39, 0.29) is 11.4 Å². The second kappa shape index (κ2) is 8.41. The molecule has 0 atom stereocenters. The maximum atomic E-state index is 12.9. The van der Waals surface area contributed by atoms with Crippen molar-refractivity contribution in [3.63, 3.8) is 0 Å². The van der Waals surface area contributed by atoms with Crippen LogP contribution in [0.1, 0.15) is 13.8 Å². The summed E-state index contributed by atoms with van der Waals surface area (Å²) >= 11 is 2.31. The number of benzene rings is 1. The second-order valence-corrected chi connectivity index (χ2v) is 7.60. The number of nitrogens with zero attached hydrogens (tertiary/aromatic N) is 2. The fraction of sp³-hybridized carbons (Fsp3) is 0.158. The number of amides is 1. The van der Waals surface area contributed by atoms with E-state index in [0.29, 0.717) is 20.8 Å². The minimum atomic E-state index is -0.796. The summed E-state index contributed by atoms with van der Waals surface area (Å²) in [5, 5.41) is 4.99. The molecule has 1 aromatic carbocycles. The van der Waals surface area contributed by atoms with E-state index in [1.165, 1.54) is 25.4 Å². The molecule has 0 fully saturated rings. The second-order valence-electron chi connectivity index (χ2n) is 5.71. The molecule has 144 valence electrons. The van der Waals surface area contributed by atoms with Gasteiger partial charge in [0.1, 0.15) is 5.03 Å².